The first-order valence-corrected chi connectivity index (χ1v) is 12.9. The lowest BCUT2D eigenvalue weighted by molar-refractivity contribution is -0.129. The number of amides is 1. The van der Waals surface area contributed by atoms with Gasteiger partial charge in [0.25, 0.3) is 10.1 Å². The molecule has 0 aliphatic carbocycles. The number of benzene rings is 2. The van der Waals surface area contributed by atoms with Crippen LogP contribution in [0.3, 0.4) is 0 Å². The number of ether oxygens (including phenoxy) is 1. The van der Waals surface area contributed by atoms with Crippen molar-refractivity contribution in [2.75, 3.05) is 26.0 Å². The smallest absolute Gasteiger partial charge is 0.264 e. The molecule has 8 heteroatoms. The molecule has 0 N–H and O–H groups in total. The maximum atomic E-state index is 13.1. The van der Waals surface area contributed by atoms with Crippen molar-refractivity contribution in [3.8, 4) is 5.75 Å². The van der Waals surface area contributed by atoms with E-state index in [2.05, 4.69) is 0 Å². The lowest BCUT2D eigenvalue weighted by Crippen LogP contribution is -2.36. The van der Waals surface area contributed by atoms with E-state index in [4.69, 9.17) is 20.5 Å². The average Bonchev–Trinajstić information content (AvgIpc) is 3.12. The maximum Gasteiger partial charge on any atom is 0.264 e. The summed E-state index contributed by atoms with van der Waals surface area (Å²) in [5.74, 6) is 0.776. The number of likely N-dealkylation sites (tertiary alicyclic amines) is 1. The molecule has 2 aromatic rings. The first kappa shape index (κ1) is 24.6. The van der Waals surface area contributed by atoms with Gasteiger partial charge in [-0.1, -0.05) is 35.9 Å². The SMILES string of the molecule is CC(C)Oc1cccc(CC(=O)N2CC[C@](CCOS(C)(=O)=O)(c3cccc(Cl)c3)C2)c1. The predicted octanol–water partition coefficient (Wildman–Crippen LogP) is 4.21. The summed E-state index contributed by atoms with van der Waals surface area (Å²) in [5.41, 5.74) is 1.48. The van der Waals surface area contributed by atoms with Gasteiger partial charge in [-0.05, 0) is 62.1 Å². The second-order valence-corrected chi connectivity index (χ2v) is 10.7. The quantitative estimate of drug-likeness (QED) is 0.504. The van der Waals surface area contributed by atoms with Gasteiger partial charge in [-0.3, -0.25) is 8.98 Å². The molecule has 1 fully saturated rings. The van der Waals surface area contributed by atoms with Crippen molar-refractivity contribution in [2.45, 2.75) is 44.6 Å². The van der Waals surface area contributed by atoms with E-state index in [9.17, 15) is 13.2 Å². The molecule has 1 aliphatic rings. The van der Waals surface area contributed by atoms with E-state index in [1.165, 1.54) is 0 Å². The molecule has 1 aliphatic heterocycles. The molecule has 0 saturated carbocycles. The summed E-state index contributed by atoms with van der Waals surface area (Å²) in [7, 11) is -3.53. The number of carbonyl (C=O) groups excluding carboxylic acids is 1. The van der Waals surface area contributed by atoms with Crippen LogP contribution >= 0.6 is 11.6 Å². The Bertz CT molecular complexity index is 1060. The maximum absolute atomic E-state index is 13.1. The zero-order valence-corrected chi connectivity index (χ0v) is 20.3. The zero-order chi connectivity index (χ0) is 23.4. The third-order valence-electron chi connectivity index (χ3n) is 5.65. The van der Waals surface area contributed by atoms with Crippen LogP contribution in [0.4, 0.5) is 0 Å². The van der Waals surface area contributed by atoms with E-state index in [0.717, 1.165) is 23.1 Å². The minimum Gasteiger partial charge on any atom is -0.491 e. The Morgan fingerprint density at radius 2 is 1.94 bits per heavy atom. The Morgan fingerprint density at radius 3 is 2.62 bits per heavy atom. The van der Waals surface area contributed by atoms with Crippen LogP contribution in [0, 0.1) is 0 Å². The second kappa shape index (κ2) is 10.2. The summed E-state index contributed by atoms with van der Waals surface area (Å²) >= 11 is 6.23. The summed E-state index contributed by atoms with van der Waals surface area (Å²) in [4.78, 5) is 14.9. The molecular formula is C24H30ClNO5S. The molecular weight excluding hydrogens is 450 g/mol. The van der Waals surface area contributed by atoms with E-state index in [0.29, 0.717) is 31.0 Å². The predicted molar refractivity (Wildman–Crippen MR) is 126 cm³/mol. The molecule has 3 rings (SSSR count). The lowest BCUT2D eigenvalue weighted by atomic mass is 9.77. The third kappa shape index (κ3) is 6.70. The molecule has 1 atom stereocenters. The number of halogens is 1. The molecule has 0 bridgehead atoms. The van der Waals surface area contributed by atoms with Gasteiger partial charge in [-0.2, -0.15) is 8.42 Å². The molecule has 1 amide bonds. The van der Waals surface area contributed by atoms with Crippen LogP contribution in [0.5, 0.6) is 5.75 Å². The highest BCUT2D eigenvalue weighted by Crippen LogP contribution is 2.39. The monoisotopic (exact) mass is 479 g/mol. The summed E-state index contributed by atoms with van der Waals surface area (Å²) in [5, 5.41) is 0.609. The number of hydrogen-bond acceptors (Lipinski definition) is 5. The van der Waals surface area contributed by atoms with E-state index < -0.39 is 15.5 Å². The third-order valence-corrected chi connectivity index (χ3v) is 6.48. The van der Waals surface area contributed by atoms with Crippen LogP contribution in [0.25, 0.3) is 0 Å². The highest BCUT2D eigenvalue weighted by atomic mass is 35.5. The summed E-state index contributed by atoms with van der Waals surface area (Å²) in [6.07, 6.45) is 2.57. The van der Waals surface area contributed by atoms with Crippen LogP contribution in [0.1, 0.15) is 37.8 Å². The van der Waals surface area contributed by atoms with Crippen molar-refractivity contribution in [1.29, 1.82) is 0 Å². The summed E-state index contributed by atoms with van der Waals surface area (Å²) < 4.78 is 33.7. The van der Waals surface area contributed by atoms with Crippen LogP contribution < -0.4 is 4.74 Å². The van der Waals surface area contributed by atoms with Crippen molar-refractivity contribution in [3.63, 3.8) is 0 Å². The Kier molecular flexibility index (Phi) is 7.85. The van der Waals surface area contributed by atoms with Gasteiger partial charge in [0, 0.05) is 23.5 Å². The molecule has 1 saturated heterocycles. The molecule has 6 nitrogen and oxygen atoms in total. The molecule has 0 unspecified atom stereocenters. The molecule has 1 heterocycles. The summed E-state index contributed by atoms with van der Waals surface area (Å²) in [6, 6.07) is 15.1. The van der Waals surface area contributed by atoms with Gasteiger partial charge in [0.2, 0.25) is 5.91 Å². The number of hydrogen-bond donors (Lipinski definition) is 0. The molecule has 174 valence electrons. The molecule has 0 aromatic heterocycles. The minimum atomic E-state index is -3.53. The number of nitrogens with zero attached hydrogens (tertiary/aromatic N) is 1. The number of rotatable bonds is 9. The second-order valence-electron chi connectivity index (χ2n) is 8.62. The van der Waals surface area contributed by atoms with Crippen LogP contribution in [0.2, 0.25) is 5.02 Å². The van der Waals surface area contributed by atoms with Gasteiger partial charge < -0.3 is 9.64 Å². The Balaban J connectivity index is 1.74. The topological polar surface area (TPSA) is 72.9 Å². The Hall–Kier alpha value is -2.09. The molecule has 0 radical (unpaired) electrons. The van der Waals surface area contributed by atoms with Crippen molar-refractivity contribution in [2.24, 2.45) is 0 Å². The van der Waals surface area contributed by atoms with Gasteiger partial charge in [-0.15, -0.1) is 0 Å². The van der Waals surface area contributed by atoms with E-state index >= 15 is 0 Å². The fourth-order valence-electron chi connectivity index (χ4n) is 4.16. The molecule has 0 spiro atoms. The van der Waals surface area contributed by atoms with Crippen LogP contribution in [0.15, 0.2) is 48.5 Å². The molecule has 32 heavy (non-hydrogen) atoms. The van der Waals surface area contributed by atoms with Gasteiger partial charge in [-0.25, -0.2) is 0 Å². The standard InChI is InChI=1S/C24H30ClNO5S/c1-18(2)31-22-9-4-6-19(14-22)15-23(27)26-12-10-24(17-26,11-13-30-32(3,28)29)20-7-5-8-21(25)16-20/h4-9,14,16,18H,10-13,15,17H2,1-3H3/t24-/m1/s1. The highest BCUT2D eigenvalue weighted by molar-refractivity contribution is 7.85. The Labute approximate surface area is 195 Å². The van der Waals surface area contributed by atoms with Gasteiger partial charge in [0.1, 0.15) is 5.75 Å². The summed E-state index contributed by atoms with van der Waals surface area (Å²) in [6.45, 7) is 5.06. The zero-order valence-electron chi connectivity index (χ0n) is 18.7. The fourth-order valence-corrected chi connectivity index (χ4v) is 4.74. The first-order valence-electron chi connectivity index (χ1n) is 10.7. The van der Waals surface area contributed by atoms with Crippen molar-refractivity contribution < 1.29 is 22.1 Å². The van der Waals surface area contributed by atoms with Crippen LogP contribution in [-0.2, 0) is 30.9 Å². The normalized spacial score (nSPS) is 18.8. The minimum absolute atomic E-state index is 0.0274. The van der Waals surface area contributed by atoms with Crippen molar-refractivity contribution >= 4 is 27.6 Å². The lowest BCUT2D eigenvalue weighted by Gasteiger charge is -2.30. The van der Waals surface area contributed by atoms with Crippen LogP contribution in [-0.4, -0.2) is 51.3 Å². The average molecular weight is 480 g/mol. The van der Waals surface area contributed by atoms with Gasteiger partial charge >= 0.3 is 0 Å². The fraction of sp³-hybridized carbons (Fsp3) is 0.458. The van der Waals surface area contributed by atoms with E-state index in [1.807, 2.05) is 61.2 Å². The van der Waals surface area contributed by atoms with Crippen molar-refractivity contribution in [3.05, 3.63) is 64.7 Å². The highest BCUT2D eigenvalue weighted by Gasteiger charge is 2.41. The van der Waals surface area contributed by atoms with Gasteiger partial charge in [0.15, 0.2) is 0 Å². The van der Waals surface area contributed by atoms with Gasteiger partial charge in [0.05, 0.1) is 25.4 Å². The number of carbonyl (C=O) groups is 1. The van der Waals surface area contributed by atoms with Crippen molar-refractivity contribution in [1.82, 2.24) is 4.90 Å². The first-order chi connectivity index (χ1) is 15.1. The Morgan fingerprint density at radius 1 is 1.19 bits per heavy atom. The van der Waals surface area contributed by atoms with E-state index in [1.54, 1.807) is 6.07 Å². The largest absolute Gasteiger partial charge is 0.491 e. The van der Waals surface area contributed by atoms with E-state index in [-0.39, 0.29) is 25.0 Å². The molecule has 2 aromatic carbocycles.